The Morgan fingerprint density at radius 1 is 0.926 bits per heavy atom. The summed E-state index contributed by atoms with van der Waals surface area (Å²) in [5, 5.41) is 3.28. The van der Waals surface area contributed by atoms with Crippen molar-refractivity contribution in [2.45, 2.75) is 13.2 Å². The van der Waals surface area contributed by atoms with E-state index in [1.807, 2.05) is 72.8 Å². The van der Waals surface area contributed by atoms with Crippen molar-refractivity contribution >= 4 is 33.1 Å². The monoisotopic (exact) mass is 441 g/mol. The molecule has 0 saturated carbocycles. The average molecular weight is 442 g/mol. The second-order valence-corrected chi connectivity index (χ2v) is 7.30. The summed E-state index contributed by atoms with van der Waals surface area (Å²) in [6, 6.07) is 23.8. The van der Waals surface area contributed by atoms with Gasteiger partial charge in [-0.05, 0) is 59.7 Å². The first-order valence-electron chi connectivity index (χ1n) is 8.52. The Labute approximate surface area is 173 Å². The molecule has 0 aliphatic heterocycles. The number of hydrogen-bond acceptors (Lipinski definition) is 3. The molecule has 3 nitrogen and oxygen atoms in total. The third-order valence-electron chi connectivity index (χ3n) is 4.02. The Hall–Kier alpha value is -2.37. The van der Waals surface area contributed by atoms with Gasteiger partial charge in [-0.25, -0.2) is 0 Å². The van der Waals surface area contributed by atoms with Gasteiger partial charge >= 0.3 is 0 Å². The molecule has 0 spiro atoms. The number of rotatable bonds is 7. The molecule has 0 heterocycles. The zero-order valence-corrected chi connectivity index (χ0v) is 17.3. The van der Waals surface area contributed by atoms with Gasteiger partial charge in [0.05, 0.1) is 7.11 Å². The number of hydrogen-bond donors (Lipinski definition) is 1. The highest BCUT2D eigenvalue weighted by atomic mass is 79.9. The predicted molar refractivity (Wildman–Crippen MR) is 116 cm³/mol. The Morgan fingerprint density at radius 2 is 1.67 bits per heavy atom. The SMILES string of the molecule is COc1cccc(CNC(=S)c2ccc(OCc3ccc(Br)cc3)cc2)c1. The van der Waals surface area contributed by atoms with Crippen LogP contribution in [-0.2, 0) is 13.2 Å². The summed E-state index contributed by atoms with van der Waals surface area (Å²) in [7, 11) is 1.66. The minimum Gasteiger partial charge on any atom is -0.497 e. The van der Waals surface area contributed by atoms with Crippen molar-refractivity contribution in [2.75, 3.05) is 7.11 Å². The van der Waals surface area contributed by atoms with Crippen LogP contribution in [0.2, 0.25) is 0 Å². The van der Waals surface area contributed by atoms with Crippen LogP contribution in [0, 0.1) is 0 Å². The largest absolute Gasteiger partial charge is 0.497 e. The van der Waals surface area contributed by atoms with Crippen LogP contribution in [0.3, 0.4) is 0 Å². The van der Waals surface area contributed by atoms with Crippen molar-refractivity contribution in [1.82, 2.24) is 5.32 Å². The van der Waals surface area contributed by atoms with Gasteiger partial charge in [-0.2, -0.15) is 0 Å². The molecule has 3 rings (SSSR count). The van der Waals surface area contributed by atoms with Crippen LogP contribution in [0.25, 0.3) is 0 Å². The van der Waals surface area contributed by atoms with Gasteiger partial charge in [0.15, 0.2) is 0 Å². The van der Waals surface area contributed by atoms with E-state index in [0.29, 0.717) is 18.1 Å². The van der Waals surface area contributed by atoms with E-state index in [9.17, 15) is 0 Å². The summed E-state index contributed by atoms with van der Waals surface area (Å²) >= 11 is 8.92. The normalized spacial score (nSPS) is 10.3. The van der Waals surface area contributed by atoms with Gasteiger partial charge in [-0.15, -0.1) is 0 Å². The molecule has 5 heteroatoms. The molecule has 0 aromatic heterocycles. The molecule has 27 heavy (non-hydrogen) atoms. The lowest BCUT2D eigenvalue weighted by molar-refractivity contribution is 0.306. The summed E-state index contributed by atoms with van der Waals surface area (Å²) < 4.78 is 12.1. The maximum atomic E-state index is 5.83. The molecule has 3 aromatic rings. The highest BCUT2D eigenvalue weighted by molar-refractivity contribution is 9.10. The third-order valence-corrected chi connectivity index (χ3v) is 4.93. The topological polar surface area (TPSA) is 30.5 Å². The fraction of sp³-hybridized carbons (Fsp3) is 0.136. The number of nitrogens with one attached hydrogen (secondary N) is 1. The third kappa shape index (κ3) is 5.81. The quantitative estimate of drug-likeness (QED) is 0.490. The summed E-state index contributed by atoms with van der Waals surface area (Å²) in [6.45, 7) is 1.18. The van der Waals surface area contributed by atoms with Crippen LogP contribution in [0.15, 0.2) is 77.3 Å². The average Bonchev–Trinajstić information content (AvgIpc) is 2.72. The van der Waals surface area contributed by atoms with E-state index in [2.05, 4.69) is 21.2 Å². The molecule has 0 fully saturated rings. The smallest absolute Gasteiger partial charge is 0.119 e. The van der Waals surface area contributed by atoms with Crippen LogP contribution < -0.4 is 14.8 Å². The summed E-state index contributed by atoms with van der Waals surface area (Å²) in [5.41, 5.74) is 3.20. The molecule has 1 N–H and O–H groups in total. The van der Waals surface area contributed by atoms with E-state index in [-0.39, 0.29) is 0 Å². The van der Waals surface area contributed by atoms with Crippen molar-refractivity contribution in [3.05, 3.63) is 94.0 Å². The first kappa shape index (κ1) is 19.4. The molecule has 0 saturated heterocycles. The van der Waals surface area contributed by atoms with Gasteiger partial charge in [0.2, 0.25) is 0 Å². The zero-order valence-electron chi connectivity index (χ0n) is 14.9. The van der Waals surface area contributed by atoms with Gasteiger partial charge in [0.1, 0.15) is 23.1 Å². The molecule has 0 unspecified atom stereocenters. The van der Waals surface area contributed by atoms with Gasteiger partial charge < -0.3 is 14.8 Å². The number of ether oxygens (including phenoxy) is 2. The maximum Gasteiger partial charge on any atom is 0.119 e. The molecule has 3 aromatic carbocycles. The van der Waals surface area contributed by atoms with Gasteiger partial charge in [-0.3, -0.25) is 0 Å². The maximum absolute atomic E-state index is 5.83. The standard InChI is InChI=1S/C22H20BrNO2S/c1-25-21-4-2-3-17(13-21)14-24-22(27)18-7-11-20(12-8-18)26-15-16-5-9-19(23)10-6-16/h2-13H,14-15H2,1H3,(H,24,27). The molecular weight excluding hydrogens is 422 g/mol. The molecule has 0 aliphatic carbocycles. The highest BCUT2D eigenvalue weighted by Gasteiger charge is 2.03. The molecule has 0 radical (unpaired) electrons. The Morgan fingerprint density at radius 3 is 2.37 bits per heavy atom. The predicted octanol–water partition coefficient (Wildman–Crippen LogP) is 5.50. The number of benzene rings is 3. The molecule has 0 aliphatic rings. The Kier molecular flexibility index (Phi) is 6.85. The van der Waals surface area contributed by atoms with Crippen molar-refractivity contribution < 1.29 is 9.47 Å². The number of methoxy groups -OCH3 is 1. The van der Waals surface area contributed by atoms with E-state index in [1.165, 1.54) is 0 Å². The first-order chi connectivity index (χ1) is 13.1. The molecule has 0 atom stereocenters. The van der Waals surface area contributed by atoms with Crippen LogP contribution in [0.4, 0.5) is 0 Å². The highest BCUT2D eigenvalue weighted by Crippen LogP contribution is 2.17. The zero-order chi connectivity index (χ0) is 19.1. The van der Waals surface area contributed by atoms with Crippen molar-refractivity contribution in [3.63, 3.8) is 0 Å². The van der Waals surface area contributed by atoms with Gasteiger partial charge in [-0.1, -0.05) is 52.4 Å². The van der Waals surface area contributed by atoms with E-state index in [0.717, 1.165) is 32.7 Å². The first-order valence-corrected chi connectivity index (χ1v) is 9.72. The molecule has 138 valence electrons. The number of halogens is 1. The van der Waals surface area contributed by atoms with E-state index in [4.69, 9.17) is 21.7 Å². The number of thiocarbonyl (C=S) groups is 1. The van der Waals surface area contributed by atoms with Crippen LogP contribution in [0.1, 0.15) is 16.7 Å². The fourth-order valence-electron chi connectivity index (χ4n) is 2.52. The molecular formula is C22H20BrNO2S. The van der Waals surface area contributed by atoms with Crippen LogP contribution in [0.5, 0.6) is 11.5 Å². The Bertz CT molecular complexity index is 895. The summed E-state index contributed by atoms with van der Waals surface area (Å²) in [6.07, 6.45) is 0. The minimum absolute atomic E-state index is 0.533. The van der Waals surface area contributed by atoms with Crippen LogP contribution in [-0.4, -0.2) is 12.1 Å². The second kappa shape index (κ2) is 9.53. The minimum atomic E-state index is 0.533. The van der Waals surface area contributed by atoms with Crippen molar-refractivity contribution in [2.24, 2.45) is 0 Å². The van der Waals surface area contributed by atoms with Gasteiger partial charge in [0.25, 0.3) is 0 Å². The summed E-state index contributed by atoms with van der Waals surface area (Å²) in [4.78, 5) is 0.706. The lowest BCUT2D eigenvalue weighted by atomic mass is 10.2. The van der Waals surface area contributed by atoms with Crippen molar-refractivity contribution in [1.29, 1.82) is 0 Å². The fourth-order valence-corrected chi connectivity index (χ4v) is 2.99. The van der Waals surface area contributed by atoms with Gasteiger partial charge in [0, 0.05) is 16.6 Å². The Balaban J connectivity index is 1.52. The van der Waals surface area contributed by atoms with E-state index in [1.54, 1.807) is 7.11 Å². The van der Waals surface area contributed by atoms with Crippen LogP contribution >= 0.6 is 28.1 Å². The van der Waals surface area contributed by atoms with Crippen molar-refractivity contribution in [3.8, 4) is 11.5 Å². The van der Waals surface area contributed by atoms with E-state index < -0.39 is 0 Å². The molecule has 0 bridgehead atoms. The summed E-state index contributed by atoms with van der Waals surface area (Å²) in [5.74, 6) is 1.66. The lowest BCUT2D eigenvalue weighted by Gasteiger charge is -2.11. The van der Waals surface area contributed by atoms with E-state index >= 15 is 0 Å². The lowest BCUT2D eigenvalue weighted by Crippen LogP contribution is -2.21. The second-order valence-electron chi connectivity index (χ2n) is 5.97. The molecule has 0 amide bonds.